The first kappa shape index (κ1) is 14.4. The van der Waals surface area contributed by atoms with E-state index < -0.39 is 0 Å². The van der Waals surface area contributed by atoms with Crippen molar-refractivity contribution in [1.29, 1.82) is 0 Å². The van der Waals surface area contributed by atoms with Crippen molar-refractivity contribution < 1.29 is 9.47 Å². The number of methoxy groups -OCH3 is 1. The molecule has 5 heteroatoms. The molecule has 4 nitrogen and oxygen atoms in total. The molecule has 1 aliphatic rings. The van der Waals surface area contributed by atoms with Crippen LogP contribution < -0.4 is 14.8 Å². The molecule has 0 aliphatic heterocycles. The standard InChI is InChI=1S/C16H17BrN2O2/c1-20-13-4-5-15(14(17)8-13)21-16-10-18-7-6-11(16)9-19-12-2-3-12/h4-8,10,12,19H,2-3,9H2,1H3. The van der Waals surface area contributed by atoms with Gasteiger partial charge in [-0.15, -0.1) is 0 Å². The molecule has 1 aliphatic carbocycles. The fourth-order valence-corrected chi connectivity index (χ4v) is 2.44. The highest BCUT2D eigenvalue weighted by atomic mass is 79.9. The average Bonchev–Trinajstić information content (AvgIpc) is 3.32. The highest BCUT2D eigenvalue weighted by Gasteiger charge is 2.20. The van der Waals surface area contributed by atoms with Crippen LogP contribution in [0.1, 0.15) is 18.4 Å². The summed E-state index contributed by atoms with van der Waals surface area (Å²) in [5.41, 5.74) is 1.11. The van der Waals surface area contributed by atoms with Gasteiger partial charge >= 0.3 is 0 Å². The van der Waals surface area contributed by atoms with Crippen LogP contribution in [0.2, 0.25) is 0 Å². The van der Waals surface area contributed by atoms with Crippen molar-refractivity contribution in [2.75, 3.05) is 7.11 Å². The summed E-state index contributed by atoms with van der Waals surface area (Å²) in [6, 6.07) is 8.29. The Morgan fingerprint density at radius 3 is 2.86 bits per heavy atom. The molecule has 1 aromatic carbocycles. The van der Waals surface area contributed by atoms with Crippen molar-refractivity contribution in [2.45, 2.75) is 25.4 Å². The summed E-state index contributed by atoms with van der Waals surface area (Å²) in [6.07, 6.45) is 6.08. The minimum absolute atomic E-state index is 0.665. The first-order valence-corrected chi connectivity index (χ1v) is 7.73. The number of ether oxygens (including phenoxy) is 2. The van der Waals surface area contributed by atoms with Gasteiger partial charge in [-0.1, -0.05) is 0 Å². The number of nitrogens with zero attached hydrogens (tertiary/aromatic N) is 1. The molecule has 21 heavy (non-hydrogen) atoms. The fourth-order valence-electron chi connectivity index (χ4n) is 2.00. The lowest BCUT2D eigenvalue weighted by Gasteiger charge is -2.13. The summed E-state index contributed by atoms with van der Waals surface area (Å²) >= 11 is 3.50. The Labute approximate surface area is 132 Å². The molecule has 1 aromatic heterocycles. The molecule has 110 valence electrons. The van der Waals surface area contributed by atoms with E-state index in [1.807, 2.05) is 24.3 Å². The lowest BCUT2D eigenvalue weighted by Crippen LogP contribution is -2.15. The van der Waals surface area contributed by atoms with Crippen LogP contribution >= 0.6 is 15.9 Å². The van der Waals surface area contributed by atoms with Gasteiger partial charge in [-0.05, 0) is 53.0 Å². The van der Waals surface area contributed by atoms with Gasteiger partial charge in [0, 0.05) is 24.3 Å². The van der Waals surface area contributed by atoms with Gasteiger partial charge in [-0.2, -0.15) is 0 Å². The van der Waals surface area contributed by atoms with E-state index in [9.17, 15) is 0 Å². The molecule has 0 saturated heterocycles. The van der Waals surface area contributed by atoms with Gasteiger partial charge in [0.25, 0.3) is 0 Å². The van der Waals surface area contributed by atoms with Gasteiger partial charge in [-0.3, -0.25) is 4.98 Å². The van der Waals surface area contributed by atoms with E-state index in [-0.39, 0.29) is 0 Å². The molecule has 1 saturated carbocycles. The van der Waals surface area contributed by atoms with Crippen LogP contribution in [0.5, 0.6) is 17.2 Å². The Kier molecular flexibility index (Phi) is 4.41. The molecule has 1 fully saturated rings. The predicted octanol–water partition coefficient (Wildman–Crippen LogP) is 3.90. The Morgan fingerprint density at radius 2 is 2.14 bits per heavy atom. The van der Waals surface area contributed by atoms with Crippen LogP contribution in [0.25, 0.3) is 0 Å². The molecule has 0 atom stereocenters. The number of halogens is 1. The van der Waals surface area contributed by atoms with E-state index in [0.29, 0.717) is 6.04 Å². The third-order valence-corrected chi connectivity index (χ3v) is 4.01. The highest BCUT2D eigenvalue weighted by Crippen LogP contribution is 2.34. The number of nitrogens with one attached hydrogen (secondary N) is 1. The molecule has 1 heterocycles. The van der Waals surface area contributed by atoms with Crippen molar-refractivity contribution in [2.24, 2.45) is 0 Å². The number of pyridine rings is 1. The molecule has 0 amide bonds. The zero-order valence-electron chi connectivity index (χ0n) is 11.8. The van der Waals surface area contributed by atoms with E-state index in [2.05, 4.69) is 26.2 Å². The zero-order valence-corrected chi connectivity index (χ0v) is 13.4. The summed E-state index contributed by atoms with van der Waals surface area (Å²) in [4.78, 5) is 4.15. The smallest absolute Gasteiger partial charge is 0.150 e. The van der Waals surface area contributed by atoms with Gasteiger partial charge in [0.15, 0.2) is 0 Å². The van der Waals surface area contributed by atoms with E-state index >= 15 is 0 Å². The van der Waals surface area contributed by atoms with E-state index in [1.165, 1.54) is 12.8 Å². The van der Waals surface area contributed by atoms with Crippen molar-refractivity contribution in [3.63, 3.8) is 0 Å². The zero-order chi connectivity index (χ0) is 14.7. The van der Waals surface area contributed by atoms with Gasteiger partial charge in [0.2, 0.25) is 0 Å². The summed E-state index contributed by atoms with van der Waals surface area (Å²) in [6.45, 7) is 0.802. The van der Waals surface area contributed by atoms with Crippen LogP contribution in [0.15, 0.2) is 41.1 Å². The Balaban J connectivity index is 1.77. The van der Waals surface area contributed by atoms with E-state index in [4.69, 9.17) is 9.47 Å². The van der Waals surface area contributed by atoms with E-state index in [0.717, 1.165) is 33.8 Å². The first-order chi connectivity index (χ1) is 10.3. The summed E-state index contributed by atoms with van der Waals surface area (Å²) in [5, 5.41) is 3.49. The lowest BCUT2D eigenvalue weighted by atomic mass is 10.2. The van der Waals surface area contributed by atoms with Gasteiger partial charge < -0.3 is 14.8 Å². The second kappa shape index (κ2) is 6.45. The average molecular weight is 349 g/mol. The lowest BCUT2D eigenvalue weighted by molar-refractivity contribution is 0.412. The first-order valence-electron chi connectivity index (χ1n) is 6.94. The third-order valence-electron chi connectivity index (χ3n) is 3.39. The van der Waals surface area contributed by atoms with Crippen LogP contribution in [0.3, 0.4) is 0 Å². The van der Waals surface area contributed by atoms with Gasteiger partial charge in [-0.25, -0.2) is 0 Å². The number of hydrogen-bond donors (Lipinski definition) is 1. The maximum absolute atomic E-state index is 5.99. The summed E-state index contributed by atoms with van der Waals surface area (Å²) in [7, 11) is 1.64. The quantitative estimate of drug-likeness (QED) is 0.859. The van der Waals surface area contributed by atoms with Gasteiger partial charge in [0.05, 0.1) is 17.8 Å². The molecular weight excluding hydrogens is 332 g/mol. The molecule has 0 spiro atoms. The fraction of sp³-hybridized carbons (Fsp3) is 0.312. The molecule has 1 N–H and O–H groups in total. The van der Waals surface area contributed by atoms with E-state index in [1.54, 1.807) is 19.5 Å². The molecule has 0 bridgehead atoms. The highest BCUT2D eigenvalue weighted by molar-refractivity contribution is 9.10. The monoisotopic (exact) mass is 348 g/mol. The number of benzene rings is 1. The van der Waals surface area contributed by atoms with Gasteiger partial charge in [0.1, 0.15) is 17.2 Å². The predicted molar refractivity (Wildman–Crippen MR) is 84.9 cm³/mol. The van der Waals surface area contributed by atoms with Crippen LogP contribution in [0, 0.1) is 0 Å². The van der Waals surface area contributed by atoms with Crippen molar-refractivity contribution >= 4 is 15.9 Å². The maximum atomic E-state index is 5.99. The second-order valence-corrected chi connectivity index (χ2v) is 5.89. The third kappa shape index (κ3) is 3.74. The Morgan fingerprint density at radius 1 is 1.29 bits per heavy atom. The summed E-state index contributed by atoms with van der Waals surface area (Å²) < 4.78 is 12.0. The second-order valence-electron chi connectivity index (χ2n) is 5.04. The largest absolute Gasteiger partial charge is 0.497 e. The van der Waals surface area contributed by atoms with Crippen molar-refractivity contribution in [3.05, 3.63) is 46.7 Å². The normalized spacial score (nSPS) is 14.0. The minimum Gasteiger partial charge on any atom is -0.497 e. The SMILES string of the molecule is COc1ccc(Oc2cnccc2CNC2CC2)c(Br)c1. The topological polar surface area (TPSA) is 43.4 Å². The molecule has 3 rings (SSSR count). The minimum atomic E-state index is 0.665. The molecule has 0 radical (unpaired) electrons. The Hall–Kier alpha value is -1.59. The van der Waals surface area contributed by atoms with Crippen molar-refractivity contribution in [1.82, 2.24) is 10.3 Å². The van der Waals surface area contributed by atoms with Crippen LogP contribution in [0.4, 0.5) is 0 Å². The molecular formula is C16H17BrN2O2. The molecule has 0 unspecified atom stereocenters. The number of aromatic nitrogens is 1. The van der Waals surface area contributed by atoms with Crippen LogP contribution in [-0.4, -0.2) is 18.1 Å². The molecule has 2 aromatic rings. The summed E-state index contributed by atoms with van der Waals surface area (Å²) in [5.74, 6) is 2.31. The Bertz CT molecular complexity index is 629. The number of hydrogen-bond acceptors (Lipinski definition) is 4. The van der Waals surface area contributed by atoms with Crippen molar-refractivity contribution in [3.8, 4) is 17.2 Å². The maximum Gasteiger partial charge on any atom is 0.150 e. The number of rotatable bonds is 6. The van der Waals surface area contributed by atoms with Crippen LogP contribution in [-0.2, 0) is 6.54 Å².